The summed E-state index contributed by atoms with van der Waals surface area (Å²) < 4.78 is 42.7. The van der Waals surface area contributed by atoms with Gasteiger partial charge in [-0.05, 0) is 80.9 Å². The van der Waals surface area contributed by atoms with Crippen molar-refractivity contribution in [2.24, 2.45) is 0 Å². The lowest BCUT2D eigenvalue weighted by Gasteiger charge is -2.23. The van der Waals surface area contributed by atoms with Gasteiger partial charge in [-0.2, -0.15) is 4.31 Å². The van der Waals surface area contributed by atoms with Crippen molar-refractivity contribution in [2.45, 2.75) is 18.0 Å². The van der Waals surface area contributed by atoms with Gasteiger partial charge < -0.3 is 5.11 Å². The number of aromatic carboxylic acids is 1. The molecule has 228 valence electrons. The zero-order valence-electron chi connectivity index (χ0n) is 24.6. The van der Waals surface area contributed by atoms with Gasteiger partial charge in [0, 0.05) is 25.5 Å². The molecule has 6 rings (SSSR count). The number of pyridine rings is 1. The number of halogens is 1. The molecule has 0 unspecified atom stereocenters. The van der Waals surface area contributed by atoms with Crippen LogP contribution in [0.5, 0.6) is 0 Å². The average molecular weight is 629 g/mol. The molecule has 0 spiro atoms. The monoisotopic (exact) mass is 628 g/mol. The van der Waals surface area contributed by atoms with Gasteiger partial charge in [-0.25, -0.2) is 17.6 Å². The number of carboxylic acids is 1. The van der Waals surface area contributed by atoms with E-state index in [2.05, 4.69) is 4.98 Å². The highest BCUT2D eigenvalue weighted by molar-refractivity contribution is 7.89. The highest BCUT2D eigenvalue weighted by atomic mass is 32.2. The summed E-state index contributed by atoms with van der Waals surface area (Å²) in [7, 11) is -3.90. The second-order valence-electron chi connectivity index (χ2n) is 10.8. The second kappa shape index (κ2) is 13.3. The molecule has 5 aromatic carbocycles. The third-order valence-electron chi connectivity index (χ3n) is 7.75. The standard InChI is InChI=1S/C38H29FN2O4S/c39-34-19-15-31(16-20-34)32-17-21-35(22-18-32)46(44,45)41(26-28-4-3-23-40-24-28)25-27-7-9-29(10-8-27)30-11-13-33(14-12-30)36-5-1-2-6-37(36)38(42)43/h1-24H,25-26H2,(H,42,43). The van der Waals surface area contributed by atoms with E-state index in [1.807, 2.05) is 60.7 Å². The number of aromatic nitrogens is 1. The van der Waals surface area contributed by atoms with Gasteiger partial charge in [0.2, 0.25) is 10.0 Å². The fourth-order valence-electron chi connectivity index (χ4n) is 5.30. The van der Waals surface area contributed by atoms with Crippen LogP contribution in [0.25, 0.3) is 33.4 Å². The summed E-state index contributed by atoms with van der Waals surface area (Å²) in [6, 6.07) is 38.6. The van der Waals surface area contributed by atoms with E-state index in [1.54, 1.807) is 73.1 Å². The molecule has 6 nitrogen and oxygen atoms in total. The van der Waals surface area contributed by atoms with Gasteiger partial charge in [0.15, 0.2) is 0 Å². The average Bonchev–Trinajstić information content (AvgIpc) is 3.09. The zero-order chi connectivity index (χ0) is 32.1. The Morgan fingerprint density at radius 2 is 1.15 bits per heavy atom. The van der Waals surface area contributed by atoms with Crippen molar-refractivity contribution in [1.29, 1.82) is 0 Å². The third kappa shape index (κ3) is 6.78. The second-order valence-corrected chi connectivity index (χ2v) is 12.7. The molecule has 0 aliphatic heterocycles. The van der Waals surface area contributed by atoms with Crippen LogP contribution in [-0.4, -0.2) is 28.8 Å². The topological polar surface area (TPSA) is 87.6 Å². The zero-order valence-corrected chi connectivity index (χ0v) is 25.4. The Balaban J connectivity index is 1.24. The SMILES string of the molecule is O=C(O)c1ccccc1-c1ccc(-c2ccc(CN(Cc3cccnc3)S(=O)(=O)c3ccc(-c4ccc(F)cc4)cc3)cc2)cc1. The molecule has 0 fully saturated rings. The summed E-state index contributed by atoms with van der Waals surface area (Å²) >= 11 is 0. The van der Waals surface area contributed by atoms with Crippen LogP contribution in [0, 0.1) is 5.82 Å². The Labute approximate surface area is 267 Å². The van der Waals surface area contributed by atoms with Gasteiger partial charge in [-0.1, -0.05) is 97.1 Å². The van der Waals surface area contributed by atoms with E-state index in [0.29, 0.717) is 5.56 Å². The predicted octanol–water partition coefficient (Wildman–Crippen LogP) is 8.31. The van der Waals surface area contributed by atoms with Crippen molar-refractivity contribution in [3.05, 3.63) is 168 Å². The molecule has 6 aromatic rings. The van der Waals surface area contributed by atoms with Crippen LogP contribution < -0.4 is 0 Å². The lowest BCUT2D eigenvalue weighted by atomic mass is 9.96. The molecule has 0 saturated carbocycles. The summed E-state index contributed by atoms with van der Waals surface area (Å²) in [5.41, 5.74) is 6.74. The van der Waals surface area contributed by atoms with Crippen LogP contribution in [0.2, 0.25) is 0 Å². The molecule has 0 amide bonds. The highest BCUT2D eigenvalue weighted by Crippen LogP contribution is 2.29. The summed E-state index contributed by atoms with van der Waals surface area (Å²) in [4.78, 5) is 16.0. The number of benzene rings is 5. The van der Waals surface area contributed by atoms with Gasteiger partial charge in [0.1, 0.15) is 5.82 Å². The predicted molar refractivity (Wildman–Crippen MR) is 177 cm³/mol. The first-order valence-electron chi connectivity index (χ1n) is 14.5. The minimum atomic E-state index is -3.90. The van der Waals surface area contributed by atoms with Crippen LogP contribution >= 0.6 is 0 Å². The molecule has 0 aliphatic carbocycles. The minimum absolute atomic E-state index is 0.136. The molecule has 1 heterocycles. The van der Waals surface area contributed by atoms with E-state index in [4.69, 9.17) is 0 Å². The lowest BCUT2D eigenvalue weighted by Crippen LogP contribution is -2.30. The molecule has 1 aromatic heterocycles. The van der Waals surface area contributed by atoms with E-state index in [9.17, 15) is 22.7 Å². The molecule has 0 atom stereocenters. The first-order valence-corrected chi connectivity index (χ1v) is 16.0. The number of hydrogen-bond acceptors (Lipinski definition) is 4. The van der Waals surface area contributed by atoms with Crippen molar-refractivity contribution in [1.82, 2.24) is 9.29 Å². The Morgan fingerprint density at radius 3 is 1.74 bits per heavy atom. The van der Waals surface area contributed by atoms with E-state index in [-0.39, 0.29) is 29.4 Å². The Kier molecular flexibility index (Phi) is 8.83. The third-order valence-corrected chi connectivity index (χ3v) is 9.56. The number of carboxylic acid groups (broad SMARTS) is 1. The molecule has 0 bridgehead atoms. The maximum atomic E-state index is 14.0. The summed E-state index contributed by atoms with van der Waals surface area (Å²) in [6.45, 7) is 0.277. The number of nitrogens with zero attached hydrogens (tertiary/aromatic N) is 2. The van der Waals surface area contributed by atoms with Crippen LogP contribution in [0.3, 0.4) is 0 Å². The molecule has 0 saturated heterocycles. The van der Waals surface area contributed by atoms with Gasteiger partial charge >= 0.3 is 5.97 Å². The summed E-state index contributed by atoms with van der Waals surface area (Å²) in [5.74, 6) is -1.31. The number of sulfonamides is 1. The number of hydrogen-bond donors (Lipinski definition) is 1. The molecule has 8 heteroatoms. The van der Waals surface area contributed by atoms with Gasteiger partial charge in [-0.3, -0.25) is 4.98 Å². The van der Waals surface area contributed by atoms with Crippen molar-refractivity contribution in [3.8, 4) is 33.4 Å². The fraction of sp³-hybridized carbons (Fsp3) is 0.0526. The van der Waals surface area contributed by atoms with E-state index >= 15 is 0 Å². The van der Waals surface area contributed by atoms with Gasteiger partial charge in [0.05, 0.1) is 10.5 Å². The van der Waals surface area contributed by atoms with Crippen molar-refractivity contribution in [2.75, 3.05) is 0 Å². The van der Waals surface area contributed by atoms with E-state index in [1.165, 1.54) is 16.4 Å². The normalized spacial score (nSPS) is 11.4. The maximum absolute atomic E-state index is 14.0. The van der Waals surface area contributed by atoms with Crippen LogP contribution in [0.1, 0.15) is 21.5 Å². The molecule has 46 heavy (non-hydrogen) atoms. The Hall–Kier alpha value is -5.44. The molecule has 0 radical (unpaired) electrons. The first-order chi connectivity index (χ1) is 22.3. The quantitative estimate of drug-likeness (QED) is 0.165. The van der Waals surface area contributed by atoms with Crippen molar-refractivity contribution < 1.29 is 22.7 Å². The van der Waals surface area contributed by atoms with Crippen LogP contribution in [0.4, 0.5) is 4.39 Å². The molecular weight excluding hydrogens is 599 g/mol. The van der Waals surface area contributed by atoms with E-state index < -0.39 is 16.0 Å². The molecular formula is C38H29FN2O4S. The van der Waals surface area contributed by atoms with Gasteiger partial charge in [0.25, 0.3) is 0 Å². The highest BCUT2D eigenvalue weighted by Gasteiger charge is 2.25. The smallest absolute Gasteiger partial charge is 0.336 e. The molecule has 0 aliphatic rings. The summed E-state index contributed by atoms with van der Waals surface area (Å²) in [5, 5.41) is 9.55. The number of rotatable bonds is 10. The fourth-order valence-corrected chi connectivity index (χ4v) is 6.72. The largest absolute Gasteiger partial charge is 0.478 e. The maximum Gasteiger partial charge on any atom is 0.336 e. The van der Waals surface area contributed by atoms with Gasteiger partial charge in [-0.15, -0.1) is 0 Å². The lowest BCUT2D eigenvalue weighted by molar-refractivity contribution is 0.0697. The molecule has 1 N–H and O–H groups in total. The minimum Gasteiger partial charge on any atom is -0.478 e. The van der Waals surface area contributed by atoms with E-state index in [0.717, 1.165) is 38.9 Å². The summed E-state index contributed by atoms with van der Waals surface area (Å²) in [6.07, 6.45) is 3.30. The van der Waals surface area contributed by atoms with Crippen LogP contribution in [-0.2, 0) is 23.1 Å². The first kappa shape index (κ1) is 30.6. The van der Waals surface area contributed by atoms with Crippen molar-refractivity contribution in [3.63, 3.8) is 0 Å². The Morgan fingerprint density at radius 1 is 0.630 bits per heavy atom. The van der Waals surface area contributed by atoms with Crippen molar-refractivity contribution >= 4 is 16.0 Å². The number of carbonyl (C=O) groups is 1. The van der Waals surface area contributed by atoms with Crippen LogP contribution in [0.15, 0.2) is 151 Å². The Bertz CT molecular complexity index is 2070.